The Bertz CT molecular complexity index is 113. The summed E-state index contributed by atoms with van der Waals surface area (Å²) < 4.78 is 0. The molecule has 0 spiro atoms. The molecule has 9 heavy (non-hydrogen) atoms. The topological polar surface area (TPSA) is 70.2 Å². The fraction of sp³-hybridized carbons (Fsp3) is 0. The van der Waals surface area contributed by atoms with E-state index in [2.05, 4.69) is 16.0 Å². The number of carbonyl (C=O) groups is 2. The summed E-state index contributed by atoms with van der Waals surface area (Å²) in [5.41, 5.74) is 0. The van der Waals surface area contributed by atoms with Crippen molar-refractivity contribution >= 4 is 28.0 Å². The minimum atomic E-state index is -0.821. The van der Waals surface area contributed by atoms with E-state index in [4.69, 9.17) is 0 Å². The Morgan fingerprint density at radius 1 is 1.00 bits per heavy atom. The molecule has 4 radical (unpaired) electrons. The highest BCUT2D eigenvalue weighted by Crippen LogP contribution is 1.60. The first-order valence-electron chi connectivity index (χ1n) is 1.99. The van der Waals surface area contributed by atoms with Gasteiger partial charge in [-0.1, -0.05) is 0 Å². The van der Waals surface area contributed by atoms with Crippen LogP contribution in [0.4, 0.5) is 9.59 Å². The molecule has 4 amide bonds. The third kappa shape index (κ3) is 3.45. The lowest BCUT2D eigenvalue weighted by molar-refractivity contribution is 0.233. The van der Waals surface area contributed by atoms with Gasteiger partial charge in [0.15, 0.2) is 0 Å². The van der Waals surface area contributed by atoms with Gasteiger partial charge in [-0.25, -0.2) is 9.59 Å². The second-order valence-corrected chi connectivity index (χ2v) is 1.07. The van der Waals surface area contributed by atoms with Crippen LogP contribution in [0, 0.1) is 0 Å². The Kier molecular flexibility index (Phi) is 3.34. The van der Waals surface area contributed by atoms with E-state index >= 15 is 0 Å². The maximum absolute atomic E-state index is 10.1. The van der Waals surface area contributed by atoms with Gasteiger partial charge in [0, 0.05) is 0 Å². The highest BCUT2D eigenvalue weighted by molar-refractivity contribution is 6.19. The Morgan fingerprint density at radius 3 is 1.56 bits per heavy atom. The summed E-state index contributed by atoms with van der Waals surface area (Å²) in [6, 6.07) is -1.64. The fourth-order valence-electron chi connectivity index (χ4n) is 0.175. The molecule has 0 fully saturated rings. The maximum Gasteiger partial charge on any atom is 0.309 e. The van der Waals surface area contributed by atoms with Gasteiger partial charge in [-0.3, -0.25) is 5.32 Å². The van der Waals surface area contributed by atoms with Crippen molar-refractivity contribution in [1.29, 1.82) is 0 Å². The SMILES string of the molecule is [B]NC(=O)NC(=O)N[B]. The highest BCUT2D eigenvalue weighted by Gasteiger charge is 1.98. The van der Waals surface area contributed by atoms with E-state index in [1.54, 1.807) is 15.8 Å². The molecule has 0 aromatic rings. The lowest BCUT2D eigenvalue weighted by Gasteiger charge is -1.99. The molecule has 0 heterocycles. The summed E-state index contributed by atoms with van der Waals surface area (Å²) in [5, 5.41) is 5.06. The van der Waals surface area contributed by atoms with E-state index in [1.807, 2.05) is 0 Å². The second-order valence-electron chi connectivity index (χ2n) is 1.07. The number of urea groups is 2. The van der Waals surface area contributed by atoms with E-state index in [1.165, 1.54) is 0 Å². The quantitative estimate of drug-likeness (QED) is 0.331. The van der Waals surface area contributed by atoms with Crippen molar-refractivity contribution in [3.8, 4) is 0 Å². The van der Waals surface area contributed by atoms with Crippen molar-refractivity contribution < 1.29 is 9.59 Å². The Labute approximate surface area is 54.4 Å². The standard InChI is InChI=1S/C2H3B2N3O2/c3-6-1(8)5-2(9)7-4/h(H3,5,6,7,8,9). The van der Waals surface area contributed by atoms with Crippen molar-refractivity contribution in [1.82, 2.24) is 15.8 Å². The smallest absolute Gasteiger partial charge is 0.309 e. The van der Waals surface area contributed by atoms with E-state index in [0.29, 0.717) is 0 Å². The van der Waals surface area contributed by atoms with Crippen LogP contribution in [0.25, 0.3) is 0 Å². The van der Waals surface area contributed by atoms with Crippen molar-refractivity contribution in [2.24, 2.45) is 0 Å². The van der Waals surface area contributed by atoms with Gasteiger partial charge < -0.3 is 10.5 Å². The molecule has 3 N–H and O–H groups in total. The summed E-state index contributed by atoms with van der Waals surface area (Å²) in [6.07, 6.45) is 0. The third-order valence-corrected chi connectivity index (χ3v) is 0.489. The Balaban J connectivity index is 3.47. The van der Waals surface area contributed by atoms with E-state index < -0.39 is 12.1 Å². The predicted molar refractivity (Wildman–Crippen MR) is 31.7 cm³/mol. The molecule has 7 heteroatoms. The molecule has 0 aliphatic rings. The predicted octanol–water partition coefficient (Wildman–Crippen LogP) is -1.84. The van der Waals surface area contributed by atoms with Gasteiger partial charge in [-0.05, 0) is 0 Å². The number of rotatable bonds is 0. The molecular formula is C2H3B2N3O2. The molecule has 0 aliphatic heterocycles. The molecule has 5 nitrogen and oxygen atoms in total. The maximum atomic E-state index is 10.1. The Hall–Kier alpha value is -1.13. The first kappa shape index (κ1) is 7.87. The molecule has 0 saturated carbocycles. The minimum Gasteiger partial charge on any atom is -0.391 e. The zero-order chi connectivity index (χ0) is 7.28. The second kappa shape index (κ2) is 3.82. The molecule has 0 aromatic heterocycles. The number of amides is 4. The molecule has 0 atom stereocenters. The van der Waals surface area contributed by atoms with Crippen LogP contribution in [0.5, 0.6) is 0 Å². The van der Waals surface area contributed by atoms with Crippen LogP contribution in [0.3, 0.4) is 0 Å². The van der Waals surface area contributed by atoms with Gasteiger partial charge in [0.1, 0.15) is 0 Å². The van der Waals surface area contributed by atoms with Gasteiger partial charge in [-0.2, -0.15) is 0 Å². The molecule has 0 rings (SSSR count). The van der Waals surface area contributed by atoms with E-state index in [0.717, 1.165) is 0 Å². The van der Waals surface area contributed by atoms with Gasteiger partial charge in [0.2, 0.25) is 16.0 Å². The highest BCUT2D eigenvalue weighted by atomic mass is 16.2. The molecule has 0 saturated heterocycles. The summed E-state index contributed by atoms with van der Waals surface area (Å²) in [4.78, 5) is 20.2. The first-order chi connectivity index (χ1) is 4.20. The Morgan fingerprint density at radius 2 is 1.33 bits per heavy atom. The van der Waals surface area contributed by atoms with Gasteiger partial charge in [-0.15, -0.1) is 0 Å². The van der Waals surface area contributed by atoms with Crippen LogP contribution in [0.1, 0.15) is 0 Å². The van der Waals surface area contributed by atoms with Crippen LogP contribution in [-0.2, 0) is 0 Å². The van der Waals surface area contributed by atoms with Gasteiger partial charge in [0.25, 0.3) is 0 Å². The lowest BCUT2D eigenvalue weighted by Crippen LogP contribution is -2.43. The number of hydrogen-bond acceptors (Lipinski definition) is 2. The fourth-order valence-corrected chi connectivity index (χ4v) is 0.175. The van der Waals surface area contributed by atoms with Crippen molar-refractivity contribution in [2.45, 2.75) is 0 Å². The average molecular weight is 123 g/mol. The molecule has 0 aliphatic carbocycles. The molecular weight excluding hydrogens is 120 g/mol. The lowest BCUT2D eigenvalue weighted by atomic mass is 10.4. The molecule has 0 unspecified atom stereocenters. The van der Waals surface area contributed by atoms with E-state index in [-0.39, 0.29) is 0 Å². The van der Waals surface area contributed by atoms with Crippen LogP contribution >= 0.6 is 0 Å². The van der Waals surface area contributed by atoms with Crippen LogP contribution in [0.15, 0.2) is 0 Å². The minimum absolute atomic E-state index is 0.821. The van der Waals surface area contributed by atoms with Crippen molar-refractivity contribution in [2.75, 3.05) is 0 Å². The number of nitrogens with one attached hydrogen (secondary N) is 3. The van der Waals surface area contributed by atoms with Crippen LogP contribution in [0.2, 0.25) is 0 Å². The normalized spacial score (nSPS) is 7.56. The summed E-state index contributed by atoms with van der Waals surface area (Å²) in [5.74, 6) is 0. The van der Waals surface area contributed by atoms with Crippen LogP contribution < -0.4 is 15.8 Å². The van der Waals surface area contributed by atoms with Crippen LogP contribution in [-0.4, -0.2) is 28.0 Å². The molecule has 0 bridgehead atoms. The summed E-state index contributed by atoms with van der Waals surface area (Å²) in [7, 11) is 9.18. The molecule has 44 valence electrons. The monoisotopic (exact) mass is 123 g/mol. The van der Waals surface area contributed by atoms with E-state index in [9.17, 15) is 9.59 Å². The summed E-state index contributed by atoms with van der Waals surface area (Å²) >= 11 is 0. The van der Waals surface area contributed by atoms with Gasteiger partial charge in [0.05, 0.1) is 0 Å². The first-order valence-corrected chi connectivity index (χ1v) is 1.99. The zero-order valence-corrected chi connectivity index (χ0v) is 4.47. The number of imide groups is 1. The zero-order valence-electron chi connectivity index (χ0n) is 4.47. The number of hydrogen-bond donors (Lipinski definition) is 3. The largest absolute Gasteiger partial charge is 0.391 e. The van der Waals surface area contributed by atoms with Crippen molar-refractivity contribution in [3.63, 3.8) is 0 Å². The van der Waals surface area contributed by atoms with Gasteiger partial charge >= 0.3 is 12.1 Å². The molecule has 0 aromatic carbocycles. The average Bonchev–Trinajstić information content (AvgIpc) is 1.87. The van der Waals surface area contributed by atoms with Crippen molar-refractivity contribution in [3.05, 3.63) is 0 Å². The summed E-state index contributed by atoms with van der Waals surface area (Å²) in [6.45, 7) is 0. The number of carbonyl (C=O) groups excluding carboxylic acids is 2. The third-order valence-electron chi connectivity index (χ3n) is 0.489.